The van der Waals surface area contributed by atoms with Crippen molar-refractivity contribution >= 4 is 23.3 Å². The van der Waals surface area contributed by atoms with Crippen molar-refractivity contribution in [1.82, 2.24) is 5.32 Å². The number of rotatable bonds is 9. The van der Waals surface area contributed by atoms with E-state index in [1.54, 1.807) is 19.0 Å². The molecule has 0 fully saturated rings. The van der Waals surface area contributed by atoms with Crippen LogP contribution in [0.2, 0.25) is 0 Å². The minimum Gasteiger partial charge on any atom is -0.449 e. The van der Waals surface area contributed by atoms with E-state index in [0.717, 1.165) is 18.1 Å². The number of nitro groups is 1. The number of hydrogen-bond donors (Lipinski definition) is 1. The summed E-state index contributed by atoms with van der Waals surface area (Å²) in [5, 5.41) is 14.1. The normalized spacial score (nSPS) is 12.5. The van der Waals surface area contributed by atoms with Gasteiger partial charge < -0.3 is 15.0 Å². The molecule has 0 aliphatic heterocycles. The van der Waals surface area contributed by atoms with Crippen LogP contribution in [-0.4, -0.2) is 43.5 Å². The number of carbonyl (C=O) groups is 2. The lowest BCUT2D eigenvalue weighted by molar-refractivity contribution is -0.384. The largest absolute Gasteiger partial charge is 0.449 e. The zero-order chi connectivity index (χ0) is 22.3. The van der Waals surface area contributed by atoms with Crippen LogP contribution in [0.4, 0.5) is 11.4 Å². The van der Waals surface area contributed by atoms with E-state index in [1.807, 2.05) is 37.3 Å². The van der Waals surface area contributed by atoms with Gasteiger partial charge in [0.25, 0.3) is 11.6 Å². The van der Waals surface area contributed by atoms with Crippen LogP contribution in [0.25, 0.3) is 0 Å². The smallest absolute Gasteiger partial charge is 0.339 e. The molecule has 2 aromatic rings. The second-order valence-electron chi connectivity index (χ2n) is 7.16. The monoisotopic (exact) mass is 413 g/mol. The highest BCUT2D eigenvalue weighted by molar-refractivity contribution is 5.93. The first-order chi connectivity index (χ1) is 14.2. The average molecular weight is 413 g/mol. The fraction of sp³-hybridized carbons (Fsp3) is 0.364. The summed E-state index contributed by atoms with van der Waals surface area (Å²) in [6.07, 6.45) is -0.182. The number of benzene rings is 2. The molecule has 0 bridgehead atoms. The van der Waals surface area contributed by atoms with Crippen molar-refractivity contribution in [3.63, 3.8) is 0 Å². The second-order valence-corrected chi connectivity index (χ2v) is 7.16. The molecule has 2 rings (SSSR count). The van der Waals surface area contributed by atoms with Crippen LogP contribution in [0.15, 0.2) is 48.5 Å². The lowest BCUT2D eigenvalue weighted by Crippen LogP contribution is -2.38. The van der Waals surface area contributed by atoms with Crippen molar-refractivity contribution < 1.29 is 19.2 Å². The van der Waals surface area contributed by atoms with Gasteiger partial charge in [-0.25, -0.2) is 4.79 Å². The van der Waals surface area contributed by atoms with Gasteiger partial charge in [-0.05, 0) is 31.0 Å². The Kier molecular flexibility index (Phi) is 7.91. The van der Waals surface area contributed by atoms with Gasteiger partial charge in [0.2, 0.25) is 0 Å². The predicted molar refractivity (Wildman–Crippen MR) is 115 cm³/mol. The molecule has 8 nitrogen and oxygen atoms in total. The van der Waals surface area contributed by atoms with Gasteiger partial charge in [-0.1, -0.05) is 37.3 Å². The lowest BCUT2D eigenvalue weighted by atomic mass is 9.96. The Morgan fingerprint density at radius 1 is 1.17 bits per heavy atom. The fourth-order valence-electron chi connectivity index (χ4n) is 3.05. The first kappa shape index (κ1) is 22.9. The van der Waals surface area contributed by atoms with E-state index >= 15 is 0 Å². The number of nitro benzene ring substituents is 1. The number of nitrogens with zero attached hydrogens (tertiary/aromatic N) is 2. The third-order valence-corrected chi connectivity index (χ3v) is 4.83. The van der Waals surface area contributed by atoms with Gasteiger partial charge in [-0.15, -0.1) is 0 Å². The van der Waals surface area contributed by atoms with Crippen molar-refractivity contribution in [3.8, 4) is 0 Å². The van der Waals surface area contributed by atoms with Crippen LogP contribution in [0, 0.1) is 10.1 Å². The summed E-state index contributed by atoms with van der Waals surface area (Å²) in [6, 6.07) is 13.9. The Labute approximate surface area is 176 Å². The van der Waals surface area contributed by atoms with Crippen LogP contribution < -0.4 is 10.2 Å². The summed E-state index contributed by atoms with van der Waals surface area (Å²) in [6.45, 7) is 3.93. The van der Waals surface area contributed by atoms with E-state index < -0.39 is 22.9 Å². The average Bonchev–Trinajstić information content (AvgIpc) is 2.74. The summed E-state index contributed by atoms with van der Waals surface area (Å²) >= 11 is 0. The SMILES string of the molecule is CC[C@@H](CNC(=O)[C@H](C)OC(=O)c1ccc(N(C)C)c([N+](=O)[O-])c1)c1ccccc1. The van der Waals surface area contributed by atoms with Gasteiger partial charge in [-0.2, -0.15) is 0 Å². The molecule has 8 heteroatoms. The van der Waals surface area contributed by atoms with Gasteiger partial charge >= 0.3 is 5.97 Å². The summed E-state index contributed by atoms with van der Waals surface area (Å²) in [7, 11) is 3.34. The van der Waals surface area contributed by atoms with Gasteiger partial charge in [0, 0.05) is 32.6 Å². The molecule has 1 amide bonds. The molecule has 2 atom stereocenters. The Bertz CT molecular complexity index is 899. The molecule has 0 heterocycles. The number of ether oxygens (including phenoxy) is 1. The minimum absolute atomic E-state index is 0.0164. The fourth-order valence-corrected chi connectivity index (χ4v) is 3.05. The first-order valence-electron chi connectivity index (χ1n) is 9.74. The number of esters is 1. The van der Waals surface area contributed by atoms with Gasteiger partial charge in [0.05, 0.1) is 10.5 Å². The minimum atomic E-state index is -1.03. The standard InChI is InChI=1S/C22H27N3O5/c1-5-16(17-9-7-6-8-10-17)14-23-21(26)15(2)30-22(27)18-11-12-19(24(3)4)20(13-18)25(28)29/h6-13,15-16H,5,14H2,1-4H3,(H,23,26)/t15-,16-/m0/s1. The molecule has 0 saturated heterocycles. The van der Waals surface area contributed by atoms with Gasteiger partial charge in [0.1, 0.15) is 5.69 Å². The van der Waals surface area contributed by atoms with E-state index in [-0.39, 0.29) is 17.2 Å². The molecular weight excluding hydrogens is 386 g/mol. The van der Waals surface area contributed by atoms with Crippen molar-refractivity contribution in [2.75, 3.05) is 25.5 Å². The Morgan fingerprint density at radius 2 is 1.83 bits per heavy atom. The zero-order valence-corrected chi connectivity index (χ0v) is 17.6. The van der Waals surface area contributed by atoms with Crippen LogP contribution in [-0.2, 0) is 9.53 Å². The number of amides is 1. The molecule has 1 N–H and O–H groups in total. The third kappa shape index (κ3) is 5.79. The number of hydrogen-bond acceptors (Lipinski definition) is 6. The number of nitrogens with one attached hydrogen (secondary N) is 1. The highest BCUT2D eigenvalue weighted by Gasteiger charge is 2.23. The van der Waals surface area contributed by atoms with E-state index in [1.165, 1.54) is 19.1 Å². The Balaban J connectivity index is 2.00. The lowest BCUT2D eigenvalue weighted by Gasteiger charge is -2.19. The summed E-state index contributed by atoms with van der Waals surface area (Å²) in [5.41, 5.74) is 1.30. The Hall–Kier alpha value is -3.42. The molecule has 30 heavy (non-hydrogen) atoms. The molecule has 160 valence electrons. The molecule has 0 unspecified atom stereocenters. The molecule has 2 aromatic carbocycles. The van der Waals surface area contributed by atoms with Crippen LogP contribution in [0.3, 0.4) is 0 Å². The van der Waals surface area contributed by atoms with E-state index in [4.69, 9.17) is 4.74 Å². The zero-order valence-electron chi connectivity index (χ0n) is 17.6. The third-order valence-electron chi connectivity index (χ3n) is 4.83. The maximum atomic E-state index is 12.4. The molecule has 0 aliphatic carbocycles. The van der Waals surface area contributed by atoms with E-state index in [9.17, 15) is 19.7 Å². The van der Waals surface area contributed by atoms with Crippen molar-refractivity contribution in [2.24, 2.45) is 0 Å². The van der Waals surface area contributed by atoms with Crippen LogP contribution >= 0.6 is 0 Å². The van der Waals surface area contributed by atoms with Crippen LogP contribution in [0.1, 0.15) is 42.1 Å². The second kappa shape index (κ2) is 10.4. The van der Waals surface area contributed by atoms with Crippen molar-refractivity contribution in [2.45, 2.75) is 32.3 Å². The topological polar surface area (TPSA) is 102 Å². The molecule has 0 radical (unpaired) electrons. The highest BCUT2D eigenvalue weighted by atomic mass is 16.6. The van der Waals surface area contributed by atoms with E-state index in [0.29, 0.717) is 12.2 Å². The maximum absolute atomic E-state index is 12.4. The predicted octanol–water partition coefficient (Wildman–Crippen LogP) is 3.52. The van der Waals surface area contributed by atoms with Crippen LogP contribution in [0.5, 0.6) is 0 Å². The first-order valence-corrected chi connectivity index (χ1v) is 9.74. The van der Waals surface area contributed by atoms with Gasteiger partial charge in [0.15, 0.2) is 6.10 Å². The number of anilines is 1. The molecule has 0 aliphatic rings. The van der Waals surface area contributed by atoms with Crippen molar-refractivity contribution in [1.29, 1.82) is 0 Å². The molecule has 0 spiro atoms. The summed E-state index contributed by atoms with van der Waals surface area (Å²) in [4.78, 5) is 37.1. The molecular formula is C22H27N3O5. The Morgan fingerprint density at radius 3 is 2.40 bits per heavy atom. The molecule has 0 aromatic heterocycles. The van der Waals surface area contributed by atoms with Crippen molar-refractivity contribution in [3.05, 3.63) is 69.8 Å². The van der Waals surface area contributed by atoms with E-state index in [2.05, 4.69) is 5.32 Å². The van der Waals surface area contributed by atoms with Gasteiger partial charge in [-0.3, -0.25) is 14.9 Å². The summed E-state index contributed by atoms with van der Waals surface area (Å²) < 4.78 is 5.22. The molecule has 0 saturated carbocycles. The summed E-state index contributed by atoms with van der Waals surface area (Å²) in [5.74, 6) is -1.06. The number of carbonyl (C=O) groups excluding carboxylic acids is 2. The highest BCUT2D eigenvalue weighted by Crippen LogP contribution is 2.28. The maximum Gasteiger partial charge on any atom is 0.339 e. The quantitative estimate of drug-likeness (QED) is 0.383.